The minimum absolute atomic E-state index is 0.0450. The first-order valence-corrected chi connectivity index (χ1v) is 7.13. The largest absolute Gasteiger partial charge is 0.382 e. The number of Topliss-reactive ketones (excluding diaryl/α,β-unsaturated/α-hetero) is 1. The van der Waals surface area contributed by atoms with Gasteiger partial charge in [-0.15, -0.1) is 0 Å². The fourth-order valence-corrected chi connectivity index (χ4v) is 2.97. The van der Waals surface area contributed by atoms with Gasteiger partial charge in [0.25, 0.3) is 0 Å². The number of ketones is 1. The van der Waals surface area contributed by atoms with E-state index in [0.29, 0.717) is 11.1 Å². The van der Waals surface area contributed by atoms with Gasteiger partial charge < -0.3 is 9.84 Å². The lowest BCUT2D eigenvalue weighted by atomic mass is 9.62. The first-order chi connectivity index (χ1) is 8.78. The maximum atomic E-state index is 12.8. The van der Waals surface area contributed by atoms with Gasteiger partial charge in [0.1, 0.15) is 11.7 Å². The van der Waals surface area contributed by atoms with Crippen LogP contribution in [-0.4, -0.2) is 28.2 Å². The summed E-state index contributed by atoms with van der Waals surface area (Å²) in [4.78, 5) is 12.8. The second-order valence-corrected chi connectivity index (χ2v) is 8.23. The first-order valence-electron chi connectivity index (χ1n) is 7.13. The lowest BCUT2D eigenvalue weighted by molar-refractivity contribution is -0.121. The molecular weight excluding hydrogens is 252 g/mol. The third-order valence-corrected chi connectivity index (χ3v) is 4.61. The molecule has 1 aliphatic heterocycles. The number of ether oxygens (including phenoxy) is 1. The van der Waals surface area contributed by atoms with Gasteiger partial charge in [-0.25, -0.2) is 0 Å². The standard InChI is InChI=1S/C17H26O3/c1-10(2)17-12(18)11(14(3,4)5)9-16(19,13(17)20-17)15(6,7)8/h9,13,19H,1H2,2-8H3. The number of fused-ring (bicyclic) bond motifs is 1. The van der Waals surface area contributed by atoms with Crippen molar-refractivity contribution in [1.29, 1.82) is 0 Å². The summed E-state index contributed by atoms with van der Waals surface area (Å²) in [5.41, 5.74) is -1.65. The highest BCUT2D eigenvalue weighted by Crippen LogP contribution is 2.59. The summed E-state index contributed by atoms with van der Waals surface area (Å²) in [6.45, 7) is 17.6. The minimum Gasteiger partial charge on any atom is -0.382 e. The number of hydrogen-bond acceptors (Lipinski definition) is 3. The SMILES string of the molecule is C=C(C)C12OC1C(O)(C(C)(C)C)C=C(C(C)(C)C)C2=O. The van der Waals surface area contributed by atoms with Crippen LogP contribution in [-0.2, 0) is 9.53 Å². The molecule has 1 saturated heterocycles. The summed E-state index contributed by atoms with van der Waals surface area (Å²) >= 11 is 0. The van der Waals surface area contributed by atoms with E-state index in [9.17, 15) is 9.90 Å². The van der Waals surface area contributed by atoms with Crippen LogP contribution in [0.15, 0.2) is 23.8 Å². The zero-order chi connectivity index (χ0) is 15.7. The maximum absolute atomic E-state index is 12.8. The van der Waals surface area contributed by atoms with Gasteiger partial charge in [0.15, 0.2) is 11.4 Å². The zero-order valence-electron chi connectivity index (χ0n) is 13.6. The van der Waals surface area contributed by atoms with Gasteiger partial charge in [-0.1, -0.05) is 48.1 Å². The van der Waals surface area contributed by atoms with Gasteiger partial charge in [-0.3, -0.25) is 4.79 Å². The van der Waals surface area contributed by atoms with E-state index in [0.717, 1.165) is 0 Å². The number of epoxide rings is 1. The fraction of sp³-hybridized carbons (Fsp3) is 0.706. The van der Waals surface area contributed by atoms with Crippen molar-refractivity contribution in [3.63, 3.8) is 0 Å². The summed E-state index contributed by atoms with van der Waals surface area (Å²) in [6, 6.07) is 0. The second-order valence-electron chi connectivity index (χ2n) is 8.23. The normalized spacial score (nSPS) is 37.3. The Bertz CT molecular complexity index is 515. The van der Waals surface area contributed by atoms with E-state index < -0.39 is 22.7 Å². The summed E-state index contributed by atoms with van der Waals surface area (Å²) in [7, 11) is 0. The third kappa shape index (κ3) is 1.76. The van der Waals surface area contributed by atoms with Crippen LogP contribution in [0, 0.1) is 10.8 Å². The predicted octanol–water partition coefficient (Wildman–Crippen LogP) is 3.03. The number of carbonyl (C=O) groups excluding carboxylic acids is 1. The molecule has 0 aromatic heterocycles. The average Bonchev–Trinajstić information content (AvgIpc) is 2.97. The van der Waals surface area contributed by atoms with Gasteiger partial charge >= 0.3 is 0 Å². The van der Waals surface area contributed by atoms with Crippen LogP contribution in [0.25, 0.3) is 0 Å². The van der Waals surface area contributed by atoms with E-state index in [1.165, 1.54) is 0 Å². The molecule has 2 aliphatic rings. The van der Waals surface area contributed by atoms with Crippen molar-refractivity contribution >= 4 is 5.78 Å². The van der Waals surface area contributed by atoms with Crippen molar-refractivity contribution in [2.24, 2.45) is 10.8 Å². The fourth-order valence-electron chi connectivity index (χ4n) is 2.97. The van der Waals surface area contributed by atoms with Gasteiger partial charge in [0.05, 0.1) is 0 Å². The number of hydrogen-bond donors (Lipinski definition) is 1. The molecule has 112 valence electrons. The Balaban J connectivity index is 2.67. The lowest BCUT2D eigenvalue weighted by Crippen LogP contribution is -2.54. The van der Waals surface area contributed by atoms with E-state index in [1.807, 2.05) is 41.5 Å². The Kier molecular flexibility index (Phi) is 2.96. The predicted molar refractivity (Wildman–Crippen MR) is 79.4 cm³/mol. The molecule has 3 heteroatoms. The molecule has 3 unspecified atom stereocenters. The Morgan fingerprint density at radius 2 is 1.80 bits per heavy atom. The van der Waals surface area contributed by atoms with Gasteiger partial charge in [-0.2, -0.15) is 0 Å². The summed E-state index contributed by atoms with van der Waals surface area (Å²) in [5, 5.41) is 11.2. The molecule has 1 heterocycles. The quantitative estimate of drug-likeness (QED) is 0.592. The van der Waals surface area contributed by atoms with Crippen LogP contribution in [0.2, 0.25) is 0 Å². The molecule has 3 nitrogen and oxygen atoms in total. The van der Waals surface area contributed by atoms with Crippen LogP contribution < -0.4 is 0 Å². The highest BCUT2D eigenvalue weighted by Gasteiger charge is 2.75. The maximum Gasteiger partial charge on any atom is 0.198 e. The van der Waals surface area contributed by atoms with E-state index in [4.69, 9.17) is 4.74 Å². The number of rotatable bonds is 1. The highest BCUT2D eigenvalue weighted by atomic mass is 16.6. The van der Waals surface area contributed by atoms with Gasteiger partial charge in [0.2, 0.25) is 0 Å². The molecule has 20 heavy (non-hydrogen) atoms. The van der Waals surface area contributed by atoms with E-state index >= 15 is 0 Å². The Morgan fingerprint density at radius 1 is 1.30 bits per heavy atom. The van der Waals surface area contributed by atoms with E-state index in [-0.39, 0.29) is 11.2 Å². The molecule has 3 atom stereocenters. The molecule has 1 N–H and O–H groups in total. The van der Waals surface area contributed by atoms with Crippen molar-refractivity contribution in [3.8, 4) is 0 Å². The Morgan fingerprint density at radius 3 is 2.15 bits per heavy atom. The average molecular weight is 278 g/mol. The van der Waals surface area contributed by atoms with Crippen LogP contribution in [0.5, 0.6) is 0 Å². The molecule has 1 fully saturated rings. The molecule has 0 bridgehead atoms. The Hall–Kier alpha value is -0.930. The van der Waals surface area contributed by atoms with Crippen LogP contribution in [0.4, 0.5) is 0 Å². The summed E-state index contributed by atoms with van der Waals surface area (Å²) in [5.74, 6) is -0.0450. The molecule has 2 rings (SSSR count). The minimum atomic E-state index is -1.16. The summed E-state index contributed by atoms with van der Waals surface area (Å²) in [6.07, 6.45) is 1.21. The van der Waals surface area contributed by atoms with Crippen LogP contribution in [0.3, 0.4) is 0 Å². The summed E-state index contributed by atoms with van der Waals surface area (Å²) < 4.78 is 5.76. The zero-order valence-corrected chi connectivity index (χ0v) is 13.6. The first kappa shape index (κ1) is 15.5. The number of aliphatic hydroxyl groups is 1. The smallest absolute Gasteiger partial charge is 0.198 e. The van der Waals surface area contributed by atoms with Crippen molar-refractivity contribution in [2.45, 2.75) is 65.8 Å². The third-order valence-electron chi connectivity index (χ3n) is 4.61. The van der Waals surface area contributed by atoms with Crippen LogP contribution >= 0.6 is 0 Å². The monoisotopic (exact) mass is 278 g/mol. The molecule has 1 aliphatic carbocycles. The molecule has 0 saturated carbocycles. The molecule has 0 aromatic carbocycles. The lowest BCUT2D eigenvalue weighted by Gasteiger charge is -2.42. The molecule has 0 spiro atoms. The second kappa shape index (κ2) is 3.83. The Labute approximate surface area is 121 Å². The van der Waals surface area contributed by atoms with Gasteiger partial charge in [0, 0.05) is 5.57 Å². The van der Waals surface area contributed by atoms with Crippen molar-refractivity contribution in [3.05, 3.63) is 23.8 Å². The van der Waals surface area contributed by atoms with Crippen molar-refractivity contribution in [1.82, 2.24) is 0 Å². The number of carbonyl (C=O) groups is 1. The molecule has 0 radical (unpaired) electrons. The van der Waals surface area contributed by atoms with Gasteiger partial charge in [-0.05, 0) is 29.4 Å². The van der Waals surface area contributed by atoms with Crippen LogP contribution in [0.1, 0.15) is 48.5 Å². The van der Waals surface area contributed by atoms with Crippen molar-refractivity contribution in [2.75, 3.05) is 0 Å². The van der Waals surface area contributed by atoms with Crippen molar-refractivity contribution < 1.29 is 14.6 Å². The topological polar surface area (TPSA) is 49.8 Å². The molecule has 0 aromatic rings. The van der Waals surface area contributed by atoms with E-state index in [2.05, 4.69) is 6.58 Å². The molecule has 0 amide bonds. The highest BCUT2D eigenvalue weighted by molar-refractivity contribution is 6.09. The van der Waals surface area contributed by atoms with E-state index in [1.54, 1.807) is 13.0 Å². The molecular formula is C17H26O3.